The first-order valence-electron chi connectivity index (χ1n) is 11.1. The van der Waals surface area contributed by atoms with Gasteiger partial charge in [0.05, 0.1) is 11.5 Å². The fourth-order valence-electron chi connectivity index (χ4n) is 5.09. The molecular weight excluding hydrogens is 479 g/mol. The number of likely N-dealkylation sites (tertiary alicyclic amines) is 1. The molecule has 0 aliphatic carbocycles. The maximum absolute atomic E-state index is 13.9. The van der Waals surface area contributed by atoms with Gasteiger partial charge >= 0.3 is 6.03 Å². The highest BCUT2D eigenvalue weighted by atomic mass is 35.5. The standard InChI is InChI=1S/C26H21ClF3N3O2/c27-17-6-4-16(5-7-17)23-26(24(34)33(23)22-3-1-2-18(28)15-22)8-10-32(11-9-26)25(35)31-21-13-19(29)12-20(30)14-21/h1-7,12-15,23H,8-11H2,(H,31,35). The lowest BCUT2D eigenvalue weighted by Crippen LogP contribution is -2.67. The van der Waals surface area contributed by atoms with E-state index in [1.807, 2.05) is 12.1 Å². The van der Waals surface area contributed by atoms with Crippen molar-refractivity contribution in [2.24, 2.45) is 5.41 Å². The number of benzene rings is 3. The molecule has 5 rings (SSSR count). The van der Waals surface area contributed by atoms with Crippen LogP contribution in [0, 0.1) is 22.9 Å². The Morgan fingerprint density at radius 3 is 2.20 bits per heavy atom. The summed E-state index contributed by atoms with van der Waals surface area (Å²) >= 11 is 6.07. The van der Waals surface area contributed by atoms with Crippen molar-refractivity contribution in [1.29, 1.82) is 0 Å². The van der Waals surface area contributed by atoms with E-state index >= 15 is 0 Å². The third-order valence-electron chi connectivity index (χ3n) is 6.76. The molecule has 180 valence electrons. The van der Waals surface area contributed by atoms with Crippen LogP contribution in [0.4, 0.5) is 29.3 Å². The monoisotopic (exact) mass is 499 g/mol. The molecule has 2 fully saturated rings. The summed E-state index contributed by atoms with van der Waals surface area (Å²) in [5, 5.41) is 3.07. The Kier molecular flexibility index (Phi) is 5.92. The topological polar surface area (TPSA) is 52.7 Å². The predicted molar refractivity (Wildman–Crippen MR) is 127 cm³/mol. The van der Waals surface area contributed by atoms with Gasteiger partial charge in [-0.2, -0.15) is 0 Å². The molecule has 5 nitrogen and oxygen atoms in total. The lowest BCUT2D eigenvalue weighted by atomic mass is 9.62. The minimum Gasteiger partial charge on any atom is -0.324 e. The Morgan fingerprint density at radius 2 is 1.57 bits per heavy atom. The second kappa shape index (κ2) is 8.92. The van der Waals surface area contributed by atoms with Crippen LogP contribution >= 0.6 is 11.6 Å². The maximum Gasteiger partial charge on any atom is 0.321 e. The lowest BCUT2D eigenvalue weighted by Gasteiger charge is -2.59. The van der Waals surface area contributed by atoms with Crippen molar-refractivity contribution in [3.05, 3.63) is 94.8 Å². The van der Waals surface area contributed by atoms with Gasteiger partial charge in [-0.15, -0.1) is 0 Å². The highest BCUT2D eigenvalue weighted by Crippen LogP contribution is 2.57. The van der Waals surface area contributed by atoms with E-state index in [9.17, 15) is 22.8 Å². The van der Waals surface area contributed by atoms with Gasteiger partial charge < -0.3 is 15.1 Å². The summed E-state index contributed by atoms with van der Waals surface area (Å²) in [6, 6.07) is 15.1. The van der Waals surface area contributed by atoms with E-state index in [1.54, 1.807) is 29.2 Å². The predicted octanol–water partition coefficient (Wildman–Crippen LogP) is 6.16. The first-order chi connectivity index (χ1) is 16.8. The Morgan fingerprint density at radius 1 is 0.914 bits per heavy atom. The number of hydrogen-bond acceptors (Lipinski definition) is 2. The van der Waals surface area contributed by atoms with Crippen molar-refractivity contribution >= 4 is 34.9 Å². The number of β-lactam (4-membered cyclic amide) rings is 1. The quantitative estimate of drug-likeness (QED) is 0.439. The smallest absolute Gasteiger partial charge is 0.321 e. The van der Waals surface area contributed by atoms with Gasteiger partial charge in [0.2, 0.25) is 5.91 Å². The first kappa shape index (κ1) is 23.2. The maximum atomic E-state index is 13.9. The molecule has 0 bridgehead atoms. The van der Waals surface area contributed by atoms with Crippen molar-refractivity contribution in [3.63, 3.8) is 0 Å². The summed E-state index contributed by atoms with van der Waals surface area (Å²) < 4.78 is 40.9. The van der Waals surface area contributed by atoms with Gasteiger partial charge in [-0.1, -0.05) is 29.8 Å². The molecule has 2 aliphatic rings. The summed E-state index contributed by atoms with van der Waals surface area (Å²) in [6.45, 7) is 0.549. The molecule has 1 atom stereocenters. The third kappa shape index (κ3) is 4.23. The number of carbonyl (C=O) groups is 2. The van der Waals surface area contributed by atoms with Crippen LogP contribution in [-0.2, 0) is 4.79 Å². The molecule has 1 spiro atoms. The molecule has 9 heteroatoms. The second-order valence-electron chi connectivity index (χ2n) is 8.84. The number of anilines is 2. The van der Waals surface area contributed by atoms with Crippen molar-refractivity contribution < 1.29 is 22.8 Å². The van der Waals surface area contributed by atoms with Gasteiger partial charge in [-0.3, -0.25) is 4.79 Å². The fraction of sp³-hybridized carbons (Fsp3) is 0.231. The van der Waals surface area contributed by atoms with Crippen LogP contribution in [0.2, 0.25) is 5.02 Å². The Bertz CT molecular complexity index is 1270. The van der Waals surface area contributed by atoms with Gasteiger partial charge in [0, 0.05) is 35.6 Å². The van der Waals surface area contributed by atoms with E-state index in [-0.39, 0.29) is 30.7 Å². The number of nitrogens with one attached hydrogen (secondary N) is 1. The van der Waals surface area contributed by atoms with E-state index in [4.69, 9.17) is 11.6 Å². The van der Waals surface area contributed by atoms with Crippen molar-refractivity contribution in [2.75, 3.05) is 23.3 Å². The number of rotatable bonds is 3. The molecule has 3 aromatic rings. The van der Waals surface area contributed by atoms with Gasteiger partial charge in [-0.25, -0.2) is 18.0 Å². The normalized spacial score (nSPS) is 19.0. The molecule has 0 aromatic heterocycles. The second-order valence-corrected chi connectivity index (χ2v) is 9.28. The van der Waals surface area contributed by atoms with Crippen LogP contribution in [0.1, 0.15) is 24.4 Å². The van der Waals surface area contributed by atoms with E-state index in [0.717, 1.165) is 23.8 Å². The molecule has 2 aliphatic heterocycles. The van der Waals surface area contributed by atoms with Crippen LogP contribution in [-0.4, -0.2) is 29.9 Å². The number of amides is 3. The molecule has 1 unspecified atom stereocenters. The average Bonchev–Trinajstić information content (AvgIpc) is 2.82. The molecule has 0 radical (unpaired) electrons. The number of urea groups is 1. The molecule has 1 N–H and O–H groups in total. The van der Waals surface area contributed by atoms with Crippen molar-refractivity contribution in [1.82, 2.24) is 4.90 Å². The third-order valence-corrected chi connectivity index (χ3v) is 7.01. The summed E-state index contributed by atoms with van der Waals surface area (Å²) in [5.74, 6) is -2.15. The van der Waals surface area contributed by atoms with Gasteiger partial charge in [0.15, 0.2) is 0 Å². The minimum atomic E-state index is -0.791. The van der Waals surface area contributed by atoms with Crippen LogP contribution in [0.15, 0.2) is 66.7 Å². The highest BCUT2D eigenvalue weighted by Gasteiger charge is 2.62. The first-order valence-corrected chi connectivity index (χ1v) is 11.5. The number of hydrogen-bond donors (Lipinski definition) is 1. The molecule has 3 aromatic carbocycles. The van der Waals surface area contributed by atoms with Crippen molar-refractivity contribution in [3.8, 4) is 0 Å². The zero-order valence-electron chi connectivity index (χ0n) is 18.5. The summed E-state index contributed by atoms with van der Waals surface area (Å²) in [7, 11) is 0. The van der Waals surface area contributed by atoms with E-state index in [0.29, 0.717) is 23.6 Å². The average molecular weight is 500 g/mol. The molecule has 3 amide bonds. The Hall–Kier alpha value is -3.52. The number of piperidine rings is 1. The van der Waals surface area contributed by atoms with Crippen LogP contribution < -0.4 is 10.2 Å². The van der Waals surface area contributed by atoms with Crippen molar-refractivity contribution in [2.45, 2.75) is 18.9 Å². The number of carbonyl (C=O) groups excluding carboxylic acids is 2. The molecule has 0 saturated carbocycles. The molecular formula is C26H21ClF3N3O2. The summed E-state index contributed by atoms with van der Waals surface area (Å²) in [5.41, 5.74) is 0.589. The lowest BCUT2D eigenvalue weighted by molar-refractivity contribution is -0.144. The zero-order chi connectivity index (χ0) is 24.7. The van der Waals surface area contributed by atoms with E-state index in [2.05, 4.69) is 5.32 Å². The van der Waals surface area contributed by atoms with E-state index < -0.39 is 28.9 Å². The van der Waals surface area contributed by atoms with Gasteiger partial charge in [-0.05, 0) is 60.9 Å². The molecule has 2 heterocycles. The summed E-state index contributed by atoms with van der Waals surface area (Å²) in [6.07, 6.45) is 0.770. The minimum absolute atomic E-state index is 0.0174. The fourth-order valence-corrected chi connectivity index (χ4v) is 5.21. The molecule has 35 heavy (non-hydrogen) atoms. The zero-order valence-corrected chi connectivity index (χ0v) is 19.2. The Balaban J connectivity index is 1.37. The highest BCUT2D eigenvalue weighted by molar-refractivity contribution is 6.30. The van der Waals surface area contributed by atoms with Gasteiger partial charge in [0.25, 0.3) is 0 Å². The SMILES string of the molecule is O=C(Nc1cc(F)cc(F)c1)N1CCC2(CC1)C(=O)N(c1cccc(F)c1)C2c1ccc(Cl)cc1. The molecule has 2 saturated heterocycles. The van der Waals surface area contributed by atoms with Crippen LogP contribution in [0.3, 0.4) is 0 Å². The Labute approximate surface area is 205 Å². The van der Waals surface area contributed by atoms with Crippen LogP contribution in [0.25, 0.3) is 0 Å². The van der Waals surface area contributed by atoms with E-state index in [1.165, 1.54) is 17.0 Å². The summed E-state index contributed by atoms with van der Waals surface area (Å²) in [4.78, 5) is 29.4. The number of nitrogens with zero attached hydrogens (tertiary/aromatic N) is 2. The van der Waals surface area contributed by atoms with Crippen LogP contribution in [0.5, 0.6) is 0 Å². The van der Waals surface area contributed by atoms with Gasteiger partial charge in [0.1, 0.15) is 17.5 Å². The number of halogens is 4. The largest absolute Gasteiger partial charge is 0.324 e.